The number of nitrogens with one attached hydrogen (secondary N) is 2. The summed E-state index contributed by atoms with van der Waals surface area (Å²) >= 11 is 0. The quantitative estimate of drug-likeness (QED) is 0.554. The molecule has 1 aliphatic heterocycles. The Balaban J connectivity index is 2.72. The molecular weight excluding hydrogens is 248 g/mol. The minimum atomic E-state index is -0.0379. The maximum absolute atomic E-state index is 12.3. The fourth-order valence-electron chi connectivity index (χ4n) is 2.74. The number of allylic oxidation sites excluding steroid dienone is 2. The Bertz CT molecular complexity index is 365. The number of hydrogen-bond acceptors (Lipinski definition) is 2. The first-order chi connectivity index (χ1) is 9.58. The topological polar surface area (TPSA) is 41.1 Å². The average molecular weight is 276 g/mol. The predicted molar refractivity (Wildman–Crippen MR) is 85.5 cm³/mol. The molecule has 1 aliphatic rings. The number of hydrogen-bond donors (Lipinski definition) is 2. The molecule has 20 heavy (non-hydrogen) atoms. The third kappa shape index (κ3) is 5.33. The predicted octanol–water partition coefficient (Wildman–Crippen LogP) is 2.82. The molecule has 2 N–H and O–H groups in total. The van der Waals surface area contributed by atoms with Gasteiger partial charge in [0, 0.05) is 11.6 Å². The average Bonchev–Trinajstić information content (AvgIpc) is 2.44. The van der Waals surface area contributed by atoms with Gasteiger partial charge in [0.1, 0.15) is 0 Å². The van der Waals surface area contributed by atoms with Crippen LogP contribution in [0, 0.1) is 11.8 Å². The van der Waals surface area contributed by atoms with Gasteiger partial charge in [0.05, 0.1) is 0 Å². The molecule has 1 rings (SSSR count). The van der Waals surface area contributed by atoms with Crippen LogP contribution in [0.4, 0.5) is 0 Å². The number of carbonyl (C=O) groups is 1. The van der Waals surface area contributed by atoms with Crippen molar-refractivity contribution in [2.24, 2.45) is 11.8 Å². The van der Waals surface area contributed by atoms with E-state index in [9.17, 15) is 4.79 Å². The summed E-state index contributed by atoms with van der Waals surface area (Å²) in [7, 11) is 0. The molecule has 3 nitrogen and oxygen atoms in total. The summed E-state index contributed by atoms with van der Waals surface area (Å²) in [5, 5.41) is 6.58. The zero-order valence-corrected chi connectivity index (χ0v) is 12.8. The largest absolute Gasteiger partial charge is 0.349 e. The van der Waals surface area contributed by atoms with E-state index in [1.54, 1.807) is 18.2 Å². The fourth-order valence-corrected chi connectivity index (χ4v) is 2.74. The van der Waals surface area contributed by atoms with E-state index in [2.05, 4.69) is 37.6 Å². The Morgan fingerprint density at radius 3 is 2.50 bits per heavy atom. The van der Waals surface area contributed by atoms with Gasteiger partial charge in [-0.05, 0) is 44.2 Å². The molecule has 1 heterocycles. The van der Waals surface area contributed by atoms with E-state index >= 15 is 0 Å². The molecule has 1 amide bonds. The zero-order valence-electron chi connectivity index (χ0n) is 12.8. The molecule has 112 valence electrons. The highest BCUT2D eigenvalue weighted by atomic mass is 16.1. The van der Waals surface area contributed by atoms with Crippen LogP contribution in [-0.4, -0.2) is 25.0 Å². The van der Waals surface area contributed by atoms with Gasteiger partial charge < -0.3 is 10.6 Å². The van der Waals surface area contributed by atoms with Crippen LogP contribution < -0.4 is 10.6 Å². The van der Waals surface area contributed by atoms with Crippen LogP contribution in [0.3, 0.4) is 0 Å². The molecule has 0 spiro atoms. The third-order valence-electron chi connectivity index (χ3n) is 3.77. The van der Waals surface area contributed by atoms with Crippen LogP contribution in [0.2, 0.25) is 0 Å². The molecular formula is C17H28N2O. The molecule has 0 radical (unpaired) electrons. The van der Waals surface area contributed by atoms with Gasteiger partial charge in [-0.25, -0.2) is 0 Å². The highest BCUT2D eigenvalue weighted by Crippen LogP contribution is 2.22. The maximum atomic E-state index is 12.3. The Kier molecular flexibility index (Phi) is 7.31. The van der Waals surface area contributed by atoms with Gasteiger partial charge in [0.2, 0.25) is 0 Å². The van der Waals surface area contributed by atoms with Crippen LogP contribution in [0.15, 0.2) is 37.0 Å². The Hall–Kier alpha value is -1.35. The second-order valence-electron chi connectivity index (χ2n) is 5.86. The first-order valence-electron chi connectivity index (χ1n) is 7.55. The molecule has 0 aromatic rings. The summed E-state index contributed by atoms with van der Waals surface area (Å²) < 4.78 is 0. The van der Waals surface area contributed by atoms with Gasteiger partial charge in [0.25, 0.3) is 5.91 Å². The molecule has 0 bridgehead atoms. The van der Waals surface area contributed by atoms with E-state index in [1.807, 2.05) is 0 Å². The smallest absolute Gasteiger partial charge is 0.251 e. The van der Waals surface area contributed by atoms with Crippen molar-refractivity contribution in [3.63, 3.8) is 0 Å². The van der Waals surface area contributed by atoms with Crippen molar-refractivity contribution < 1.29 is 4.79 Å². The SMILES string of the molecule is C=C/C=C(\C=C)C(=O)NC(CC(C)C)C1CCNCC1. The first kappa shape index (κ1) is 16.7. The number of piperidine rings is 1. The molecule has 3 heteroatoms. The monoisotopic (exact) mass is 276 g/mol. The van der Waals surface area contributed by atoms with E-state index in [-0.39, 0.29) is 11.9 Å². The van der Waals surface area contributed by atoms with E-state index < -0.39 is 0 Å². The van der Waals surface area contributed by atoms with Crippen molar-refractivity contribution in [2.45, 2.75) is 39.2 Å². The Morgan fingerprint density at radius 1 is 1.35 bits per heavy atom. The van der Waals surface area contributed by atoms with Crippen molar-refractivity contribution in [3.05, 3.63) is 37.0 Å². The van der Waals surface area contributed by atoms with E-state index in [0.717, 1.165) is 32.4 Å². The lowest BCUT2D eigenvalue weighted by molar-refractivity contribution is -0.118. The molecule has 0 aromatic heterocycles. The highest BCUT2D eigenvalue weighted by Gasteiger charge is 2.26. The van der Waals surface area contributed by atoms with Crippen LogP contribution in [0.5, 0.6) is 0 Å². The van der Waals surface area contributed by atoms with Gasteiger partial charge >= 0.3 is 0 Å². The lowest BCUT2D eigenvalue weighted by Gasteiger charge is -2.32. The molecule has 0 aliphatic carbocycles. The molecule has 1 unspecified atom stereocenters. The van der Waals surface area contributed by atoms with E-state index in [1.165, 1.54) is 0 Å². The maximum Gasteiger partial charge on any atom is 0.251 e. The highest BCUT2D eigenvalue weighted by molar-refractivity contribution is 5.96. The summed E-state index contributed by atoms with van der Waals surface area (Å²) in [6.07, 6.45) is 8.20. The number of amides is 1. The van der Waals surface area contributed by atoms with Crippen LogP contribution in [-0.2, 0) is 4.79 Å². The molecule has 1 fully saturated rings. The summed E-state index contributed by atoms with van der Waals surface area (Å²) in [6.45, 7) is 13.8. The number of carbonyl (C=O) groups excluding carboxylic acids is 1. The minimum absolute atomic E-state index is 0.0379. The van der Waals surface area contributed by atoms with Gasteiger partial charge in [0.15, 0.2) is 0 Å². The molecule has 1 atom stereocenters. The Labute approximate surface area is 123 Å². The zero-order chi connectivity index (χ0) is 15.0. The van der Waals surface area contributed by atoms with Gasteiger partial charge in [-0.2, -0.15) is 0 Å². The fraction of sp³-hybridized carbons (Fsp3) is 0.588. The second-order valence-corrected chi connectivity index (χ2v) is 5.86. The first-order valence-corrected chi connectivity index (χ1v) is 7.55. The van der Waals surface area contributed by atoms with E-state index in [4.69, 9.17) is 0 Å². The summed E-state index contributed by atoms with van der Waals surface area (Å²) in [5.74, 6) is 1.10. The normalized spacial score (nSPS) is 18.6. The van der Waals surface area contributed by atoms with Crippen molar-refractivity contribution >= 4 is 5.91 Å². The lowest BCUT2D eigenvalue weighted by Crippen LogP contribution is -2.45. The van der Waals surface area contributed by atoms with Crippen LogP contribution in [0.25, 0.3) is 0 Å². The Morgan fingerprint density at radius 2 is 2.00 bits per heavy atom. The standard InChI is InChI=1S/C17H28N2O/c1-5-7-14(6-2)17(20)19-16(12-13(3)4)15-8-10-18-11-9-15/h5-7,13,15-16,18H,1-2,8-12H2,3-4H3,(H,19,20)/b14-7+. The van der Waals surface area contributed by atoms with Crippen molar-refractivity contribution in [3.8, 4) is 0 Å². The molecule has 1 saturated heterocycles. The number of rotatable bonds is 7. The van der Waals surface area contributed by atoms with Crippen molar-refractivity contribution in [1.82, 2.24) is 10.6 Å². The minimum Gasteiger partial charge on any atom is -0.349 e. The van der Waals surface area contributed by atoms with Crippen molar-refractivity contribution in [1.29, 1.82) is 0 Å². The summed E-state index contributed by atoms with van der Waals surface area (Å²) in [4.78, 5) is 12.3. The molecule has 0 saturated carbocycles. The van der Waals surface area contributed by atoms with Crippen LogP contribution >= 0.6 is 0 Å². The lowest BCUT2D eigenvalue weighted by atomic mass is 9.85. The van der Waals surface area contributed by atoms with Gasteiger partial charge in [-0.3, -0.25) is 4.79 Å². The summed E-state index contributed by atoms with van der Waals surface area (Å²) in [5.41, 5.74) is 0.586. The van der Waals surface area contributed by atoms with Gasteiger partial charge in [-0.15, -0.1) is 0 Å². The van der Waals surface area contributed by atoms with Crippen LogP contribution in [0.1, 0.15) is 33.1 Å². The van der Waals surface area contributed by atoms with E-state index in [0.29, 0.717) is 17.4 Å². The second kappa shape index (κ2) is 8.75. The third-order valence-corrected chi connectivity index (χ3v) is 3.77. The molecule has 0 aromatic carbocycles. The summed E-state index contributed by atoms with van der Waals surface area (Å²) in [6, 6.07) is 0.248. The van der Waals surface area contributed by atoms with Crippen molar-refractivity contribution in [2.75, 3.05) is 13.1 Å². The van der Waals surface area contributed by atoms with Gasteiger partial charge in [-0.1, -0.05) is 45.2 Å².